The van der Waals surface area contributed by atoms with Crippen molar-refractivity contribution in [2.24, 2.45) is 50.7 Å². The number of hydrogen-bond acceptors (Lipinski definition) is 11. The summed E-state index contributed by atoms with van der Waals surface area (Å²) in [4.78, 5) is 13.7. The number of carbonyl (C=O) groups excluding carboxylic acids is 1. The van der Waals surface area contributed by atoms with Crippen LogP contribution in [0.15, 0.2) is 11.6 Å². The van der Waals surface area contributed by atoms with E-state index in [0.717, 1.165) is 32.1 Å². The molecule has 0 radical (unpaired) electrons. The Kier molecular flexibility index (Phi) is 9.12. The lowest BCUT2D eigenvalue weighted by Crippen LogP contribution is -2.69. The highest BCUT2D eigenvalue weighted by molar-refractivity contribution is 5.71. The second kappa shape index (κ2) is 12.0. The number of fused-ring (bicyclic) bond motifs is 7. The average molecular weight is 681 g/mol. The van der Waals surface area contributed by atoms with Crippen molar-refractivity contribution in [1.82, 2.24) is 0 Å². The van der Waals surface area contributed by atoms with E-state index in [1.165, 1.54) is 5.57 Å². The van der Waals surface area contributed by atoms with Crippen molar-refractivity contribution < 1.29 is 55.1 Å². The average Bonchev–Trinajstić information content (AvgIpc) is 3.02. The van der Waals surface area contributed by atoms with E-state index in [1.54, 1.807) is 0 Å². The zero-order valence-electron chi connectivity index (χ0n) is 29.5. The number of carbonyl (C=O) groups is 1. The van der Waals surface area contributed by atoms with Crippen molar-refractivity contribution in [2.45, 2.75) is 148 Å². The van der Waals surface area contributed by atoms with Gasteiger partial charge in [0.2, 0.25) is 6.29 Å². The Morgan fingerprint density at radius 1 is 0.917 bits per heavy atom. The highest BCUT2D eigenvalue weighted by atomic mass is 16.7. The van der Waals surface area contributed by atoms with Crippen molar-refractivity contribution in [2.75, 3.05) is 13.2 Å². The third-order valence-corrected chi connectivity index (χ3v) is 15.9. The molecule has 17 unspecified atom stereocenters. The number of rotatable bonds is 5. The smallest absolute Gasteiger partial charge is 0.308 e. The molecule has 0 bridgehead atoms. The van der Waals surface area contributed by atoms with E-state index in [1.807, 2.05) is 13.8 Å². The van der Waals surface area contributed by atoms with Crippen molar-refractivity contribution in [1.29, 1.82) is 0 Å². The molecule has 0 aromatic carbocycles. The first-order chi connectivity index (χ1) is 22.3. The molecule has 48 heavy (non-hydrogen) atoms. The molecule has 11 heteroatoms. The van der Waals surface area contributed by atoms with Crippen LogP contribution in [0.3, 0.4) is 0 Å². The third-order valence-electron chi connectivity index (χ3n) is 15.9. The molecule has 8 N–H and O–H groups in total. The Hall–Kier alpha value is -1.15. The van der Waals surface area contributed by atoms with Crippen LogP contribution in [0.25, 0.3) is 0 Å². The fourth-order valence-electron chi connectivity index (χ4n) is 12.7. The van der Waals surface area contributed by atoms with Crippen molar-refractivity contribution in [3.05, 3.63) is 11.6 Å². The van der Waals surface area contributed by atoms with Gasteiger partial charge in [-0.2, -0.15) is 0 Å². The van der Waals surface area contributed by atoms with Gasteiger partial charge >= 0.3 is 5.97 Å². The molecule has 1 aliphatic heterocycles. The fourth-order valence-corrected chi connectivity index (χ4v) is 12.7. The van der Waals surface area contributed by atoms with E-state index < -0.39 is 71.9 Å². The molecular formula is C37H60O11. The molecule has 274 valence electrons. The number of aliphatic hydroxyl groups is 8. The topological polar surface area (TPSA) is 197 Å². The SMILES string of the molecule is CC1CCC2(CC(=O)OC3OC(CO)C(O)C(O)C3O)CCC3(C)C(=CCC4C5(C)CC(O)C(O)C(C)(CO)C5CCC43C)C2C1(C)O. The lowest BCUT2D eigenvalue weighted by atomic mass is 9.32. The monoisotopic (exact) mass is 680 g/mol. The van der Waals surface area contributed by atoms with Crippen LogP contribution in [0, 0.1) is 50.7 Å². The fraction of sp³-hybridized carbons (Fsp3) is 0.919. The Morgan fingerprint density at radius 3 is 2.25 bits per heavy atom. The van der Waals surface area contributed by atoms with E-state index in [9.17, 15) is 45.6 Å². The van der Waals surface area contributed by atoms with Crippen LogP contribution in [0.1, 0.15) is 99.3 Å². The molecule has 1 heterocycles. The van der Waals surface area contributed by atoms with Crippen LogP contribution >= 0.6 is 0 Å². The number of aliphatic hydroxyl groups excluding tert-OH is 7. The predicted molar refractivity (Wildman–Crippen MR) is 174 cm³/mol. The summed E-state index contributed by atoms with van der Waals surface area (Å²) in [5, 5.41) is 85.8. The molecule has 0 spiro atoms. The summed E-state index contributed by atoms with van der Waals surface area (Å²) < 4.78 is 11.1. The molecule has 6 aliphatic rings. The Labute approximate surface area is 284 Å². The Balaban J connectivity index is 1.35. The van der Waals surface area contributed by atoms with Crippen molar-refractivity contribution >= 4 is 5.97 Å². The highest BCUT2D eigenvalue weighted by Crippen LogP contribution is 2.76. The number of allylic oxidation sites excluding steroid dienone is 1. The largest absolute Gasteiger partial charge is 0.433 e. The van der Waals surface area contributed by atoms with Gasteiger partial charge in [0.1, 0.15) is 24.4 Å². The normalized spacial score (nSPS) is 56.5. The molecule has 4 saturated carbocycles. The first-order valence-electron chi connectivity index (χ1n) is 18.2. The minimum absolute atomic E-state index is 0.0259. The standard InChI is InChI=1S/C37H60O11/c1-19-9-12-37(16-25(41)48-31-28(44)27(43)26(42)22(17-38)47-31)14-13-34(4)20(29(37)36(19,6)46)7-8-24-32(2)15-21(40)30(45)33(3,18-39)23(32)10-11-35(24,34)5/h7,19,21-24,26-31,38-40,42-46H,8-18H2,1-6H3. The van der Waals surface area contributed by atoms with E-state index in [-0.39, 0.29) is 52.9 Å². The van der Waals surface area contributed by atoms with E-state index in [4.69, 9.17) is 9.47 Å². The van der Waals surface area contributed by atoms with Gasteiger partial charge in [0, 0.05) is 11.3 Å². The van der Waals surface area contributed by atoms with Gasteiger partial charge < -0.3 is 50.3 Å². The molecule has 6 rings (SSSR count). The van der Waals surface area contributed by atoms with Crippen LogP contribution < -0.4 is 0 Å². The van der Waals surface area contributed by atoms with Crippen LogP contribution in [0.2, 0.25) is 0 Å². The quantitative estimate of drug-likeness (QED) is 0.156. The number of esters is 1. The number of ether oxygens (including phenoxy) is 2. The van der Waals surface area contributed by atoms with Gasteiger partial charge in [0.25, 0.3) is 0 Å². The summed E-state index contributed by atoms with van der Waals surface area (Å²) in [5.74, 6) is -0.813. The third kappa shape index (κ3) is 4.89. The second-order valence-electron chi connectivity index (χ2n) is 18.0. The van der Waals surface area contributed by atoms with E-state index in [2.05, 4.69) is 33.8 Å². The summed E-state index contributed by atoms with van der Waals surface area (Å²) in [6.45, 7) is 12.0. The highest BCUT2D eigenvalue weighted by Gasteiger charge is 2.71. The molecule has 1 saturated heterocycles. The molecule has 17 atom stereocenters. The molecule has 0 aromatic rings. The van der Waals surface area contributed by atoms with Crippen LogP contribution in [0.5, 0.6) is 0 Å². The van der Waals surface area contributed by atoms with E-state index in [0.29, 0.717) is 19.3 Å². The van der Waals surface area contributed by atoms with Crippen molar-refractivity contribution in [3.8, 4) is 0 Å². The summed E-state index contributed by atoms with van der Waals surface area (Å²) in [6, 6.07) is 0. The maximum absolute atomic E-state index is 13.7. The Morgan fingerprint density at radius 2 is 1.60 bits per heavy atom. The van der Waals surface area contributed by atoms with Gasteiger partial charge in [0.15, 0.2) is 0 Å². The first kappa shape index (κ1) is 36.6. The Bertz CT molecular complexity index is 1290. The summed E-state index contributed by atoms with van der Waals surface area (Å²) in [7, 11) is 0. The first-order valence-corrected chi connectivity index (χ1v) is 18.2. The van der Waals surface area contributed by atoms with Gasteiger partial charge in [0.05, 0.1) is 37.4 Å². The minimum atomic E-state index is -1.69. The maximum Gasteiger partial charge on any atom is 0.308 e. The summed E-state index contributed by atoms with van der Waals surface area (Å²) >= 11 is 0. The van der Waals surface area contributed by atoms with Crippen LogP contribution in [0.4, 0.5) is 0 Å². The molecular weight excluding hydrogens is 620 g/mol. The molecule has 5 fully saturated rings. The van der Waals surface area contributed by atoms with Crippen molar-refractivity contribution in [3.63, 3.8) is 0 Å². The van der Waals surface area contributed by atoms with Gasteiger partial charge in [-0.25, -0.2) is 0 Å². The van der Waals surface area contributed by atoms with Gasteiger partial charge in [-0.1, -0.05) is 46.3 Å². The van der Waals surface area contributed by atoms with Gasteiger partial charge in [-0.3, -0.25) is 4.79 Å². The summed E-state index contributed by atoms with van der Waals surface area (Å²) in [5.41, 5.74) is -2.26. The molecule has 0 aromatic heterocycles. The minimum Gasteiger partial charge on any atom is -0.433 e. The zero-order chi connectivity index (χ0) is 35.4. The summed E-state index contributed by atoms with van der Waals surface area (Å²) in [6.07, 6.45) is -1.57. The molecule has 5 aliphatic carbocycles. The predicted octanol–water partition coefficient (Wildman–Crippen LogP) is 1.80. The van der Waals surface area contributed by atoms with E-state index >= 15 is 0 Å². The second-order valence-corrected chi connectivity index (χ2v) is 18.0. The molecule has 11 nitrogen and oxygen atoms in total. The molecule has 0 amide bonds. The zero-order valence-corrected chi connectivity index (χ0v) is 29.5. The lowest BCUT2D eigenvalue weighted by Gasteiger charge is -2.72. The van der Waals surface area contributed by atoms with Gasteiger partial charge in [-0.05, 0) is 97.7 Å². The van der Waals surface area contributed by atoms with Gasteiger partial charge in [-0.15, -0.1) is 0 Å². The van der Waals surface area contributed by atoms with Crippen LogP contribution in [-0.4, -0.2) is 109 Å². The lowest BCUT2D eigenvalue weighted by molar-refractivity contribution is -0.294. The maximum atomic E-state index is 13.7. The van der Waals surface area contributed by atoms with Crippen LogP contribution in [-0.2, 0) is 14.3 Å². The number of hydrogen-bond donors (Lipinski definition) is 8.